The number of aliphatic imine (C=N–C) groups is 1. The van der Waals surface area contributed by atoms with Crippen LogP contribution in [0.4, 0.5) is 5.69 Å². The largest absolute Gasteiger partial charge is 0.373 e. The lowest BCUT2D eigenvalue weighted by Crippen LogP contribution is -2.47. The van der Waals surface area contributed by atoms with Crippen molar-refractivity contribution in [3.63, 3.8) is 0 Å². The number of benzene rings is 1. The highest BCUT2D eigenvalue weighted by atomic mass is 127. The third-order valence-corrected chi connectivity index (χ3v) is 4.77. The van der Waals surface area contributed by atoms with Gasteiger partial charge in [-0.3, -0.25) is 4.79 Å². The molecule has 2 aliphatic rings. The predicted octanol–water partition coefficient (Wildman–Crippen LogP) is 2.68. The maximum absolute atomic E-state index is 12.2. The first-order valence-corrected chi connectivity index (χ1v) is 9.27. The van der Waals surface area contributed by atoms with E-state index in [2.05, 4.69) is 33.9 Å². The smallest absolute Gasteiger partial charge is 0.246 e. The van der Waals surface area contributed by atoms with Gasteiger partial charge in [0.1, 0.15) is 6.54 Å². The Hall–Kier alpha value is -1.35. The van der Waals surface area contributed by atoms with Crippen molar-refractivity contribution < 1.29 is 9.53 Å². The molecule has 0 radical (unpaired) electrons. The normalized spacial score (nSPS) is 24.1. The van der Waals surface area contributed by atoms with E-state index in [1.54, 1.807) is 0 Å². The highest BCUT2D eigenvalue weighted by molar-refractivity contribution is 14.0. The summed E-state index contributed by atoms with van der Waals surface area (Å²) in [6.45, 7) is 4.96. The average molecular weight is 472 g/mol. The fourth-order valence-corrected chi connectivity index (χ4v) is 3.51. The molecule has 1 aromatic carbocycles. The minimum absolute atomic E-state index is 0. The van der Waals surface area contributed by atoms with Crippen LogP contribution < -0.4 is 16.0 Å². The number of anilines is 1. The standard InChI is InChI=1S/C19H28N4O2.HI/c1-3-13-6-5-7-14(10-13)22-18(24)12-21-19(20-4-2)23-16-11-15-8-9-17(16)25-15;/h5-7,10,15-17H,3-4,8-9,11-12H2,1-2H3,(H,22,24)(H2,20,21,23);1H. The molecule has 2 bridgehead atoms. The summed E-state index contributed by atoms with van der Waals surface area (Å²) in [5, 5.41) is 9.54. The molecule has 0 aliphatic carbocycles. The van der Waals surface area contributed by atoms with Gasteiger partial charge in [-0.25, -0.2) is 4.99 Å². The summed E-state index contributed by atoms with van der Waals surface area (Å²) < 4.78 is 5.87. The second kappa shape index (κ2) is 10.1. The van der Waals surface area contributed by atoms with Crippen LogP contribution in [0, 0.1) is 0 Å². The number of fused-ring (bicyclic) bond motifs is 2. The van der Waals surface area contributed by atoms with E-state index < -0.39 is 0 Å². The average Bonchev–Trinajstić information content (AvgIpc) is 3.23. The molecule has 3 rings (SSSR count). The fourth-order valence-electron chi connectivity index (χ4n) is 3.51. The lowest BCUT2D eigenvalue weighted by atomic mass is 9.96. The molecule has 2 fully saturated rings. The lowest BCUT2D eigenvalue weighted by molar-refractivity contribution is -0.114. The van der Waals surface area contributed by atoms with E-state index in [4.69, 9.17) is 4.74 Å². The van der Waals surface area contributed by atoms with Crippen LogP contribution in [-0.2, 0) is 16.0 Å². The van der Waals surface area contributed by atoms with Gasteiger partial charge in [0.15, 0.2) is 5.96 Å². The second-order valence-electron chi connectivity index (χ2n) is 6.66. The molecule has 0 aromatic heterocycles. The Balaban J connectivity index is 0.00000243. The number of nitrogens with one attached hydrogen (secondary N) is 3. The maximum atomic E-state index is 12.2. The Kier molecular flexibility index (Phi) is 8.15. The van der Waals surface area contributed by atoms with E-state index in [1.807, 2.05) is 25.1 Å². The van der Waals surface area contributed by atoms with Crippen molar-refractivity contribution in [2.24, 2.45) is 4.99 Å². The number of guanidine groups is 1. The van der Waals surface area contributed by atoms with E-state index in [1.165, 1.54) is 5.56 Å². The quantitative estimate of drug-likeness (QED) is 0.338. The topological polar surface area (TPSA) is 74.8 Å². The number of hydrogen-bond acceptors (Lipinski definition) is 3. The van der Waals surface area contributed by atoms with E-state index in [0.29, 0.717) is 18.1 Å². The summed E-state index contributed by atoms with van der Waals surface area (Å²) in [7, 11) is 0. The highest BCUT2D eigenvalue weighted by Gasteiger charge is 2.41. The van der Waals surface area contributed by atoms with Crippen LogP contribution >= 0.6 is 24.0 Å². The van der Waals surface area contributed by atoms with Crippen LogP contribution in [0.2, 0.25) is 0 Å². The van der Waals surface area contributed by atoms with Crippen LogP contribution in [0.1, 0.15) is 38.7 Å². The van der Waals surface area contributed by atoms with Crippen molar-refractivity contribution in [2.75, 3.05) is 18.4 Å². The Morgan fingerprint density at radius 1 is 1.31 bits per heavy atom. The van der Waals surface area contributed by atoms with Gasteiger partial charge in [-0.2, -0.15) is 0 Å². The SMILES string of the molecule is CCNC(=NCC(=O)Nc1cccc(CC)c1)NC1CC2CCC1O2.I. The van der Waals surface area contributed by atoms with Gasteiger partial charge in [-0.05, 0) is 50.3 Å². The molecule has 1 amide bonds. The zero-order chi connectivity index (χ0) is 17.6. The molecule has 26 heavy (non-hydrogen) atoms. The summed E-state index contributed by atoms with van der Waals surface area (Å²) in [5.41, 5.74) is 2.02. The number of ether oxygens (including phenoxy) is 1. The molecular weight excluding hydrogens is 443 g/mol. The third-order valence-electron chi connectivity index (χ3n) is 4.77. The molecular formula is C19H29IN4O2. The first kappa shape index (κ1) is 21.0. The Morgan fingerprint density at radius 2 is 2.15 bits per heavy atom. The Bertz CT molecular complexity index is 638. The summed E-state index contributed by atoms with van der Waals surface area (Å²) >= 11 is 0. The summed E-state index contributed by atoms with van der Waals surface area (Å²) in [6, 6.07) is 8.20. The van der Waals surface area contributed by atoms with Crippen LogP contribution in [0.3, 0.4) is 0 Å². The van der Waals surface area contributed by atoms with Gasteiger partial charge in [0.2, 0.25) is 5.91 Å². The third kappa shape index (κ3) is 5.57. The molecule has 1 aromatic rings. The van der Waals surface area contributed by atoms with Gasteiger partial charge in [0.25, 0.3) is 0 Å². The van der Waals surface area contributed by atoms with E-state index in [0.717, 1.165) is 37.9 Å². The van der Waals surface area contributed by atoms with Crippen LogP contribution in [-0.4, -0.2) is 43.2 Å². The molecule has 6 nitrogen and oxygen atoms in total. The second-order valence-corrected chi connectivity index (χ2v) is 6.66. The molecule has 3 atom stereocenters. The van der Waals surface area contributed by atoms with Gasteiger partial charge >= 0.3 is 0 Å². The molecule has 3 N–H and O–H groups in total. The van der Waals surface area contributed by atoms with Crippen molar-refractivity contribution in [1.29, 1.82) is 0 Å². The predicted molar refractivity (Wildman–Crippen MR) is 115 cm³/mol. The molecule has 2 saturated heterocycles. The number of carbonyl (C=O) groups is 1. The monoisotopic (exact) mass is 472 g/mol. The van der Waals surface area contributed by atoms with Crippen molar-refractivity contribution in [3.8, 4) is 0 Å². The number of nitrogens with zero attached hydrogens (tertiary/aromatic N) is 1. The van der Waals surface area contributed by atoms with Gasteiger partial charge in [0.05, 0.1) is 18.2 Å². The first-order valence-electron chi connectivity index (χ1n) is 9.27. The number of halogens is 1. The molecule has 7 heteroatoms. The Morgan fingerprint density at radius 3 is 2.81 bits per heavy atom. The molecule has 0 saturated carbocycles. The van der Waals surface area contributed by atoms with E-state index in [-0.39, 0.29) is 42.5 Å². The lowest BCUT2D eigenvalue weighted by Gasteiger charge is -2.22. The van der Waals surface area contributed by atoms with Gasteiger partial charge in [-0.15, -0.1) is 24.0 Å². The molecule has 2 heterocycles. The van der Waals surface area contributed by atoms with Crippen LogP contribution in [0.25, 0.3) is 0 Å². The van der Waals surface area contributed by atoms with Crippen molar-refractivity contribution in [3.05, 3.63) is 29.8 Å². The highest BCUT2D eigenvalue weighted by Crippen LogP contribution is 2.34. The van der Waals surface area contributed by atoms with Crippen LogP contribution in [0.15, 0.2) is 29.3 Å². The summed E-state index contributed by atoms with van der Waals surface area (Å²) in [5.74, 6) is 0.566. The fraction of sp³-hybridized carbons (Fsp3) is 0.579. The first-order chi connectivity index (χ1) is 12.2. The summed E-state index contributed by atoms with van der Waals surface area (Å²) in [6.07, 6.45) is 4.90. The number of carbonyl (C=O) groups excluding carboxylic acids is 1. The van der Waals surface area contributed by atoms with Gasteiger partial charge in [0, 0.05) is 12.2 Å². The molecule has 2 aliphatic heterocycles. The maximum Gasteiger partial charge on any atom is 0.246 e. The minimum Gasteiger partial charge on any atom is -0.373 e. The number of amides is 1. The molecule has 0 spiro atoms. The Labute approximate surface area is 172 Å². The number of hydrogen-bond donors (Lipinski definition) is 3. The van der Waals surface area contributed by atoms with Gasteiger partial charge < -0.3 is 20.7 Å². The van der Waals surface area contributed by atoms with Crippen LogP contribution in [0.5, 0.6) is 0 Å². The van der Waals surface area contributed by atoms with Crippen molar-refractivity contribution in [1.82, 2.24) is 10.6 Å². The summed E-state index contributed by atoms with van der Waals surface area (Å²) in [4.78, 5) is 16.6. The van der Waals surface area contributed by atoms with Crippen molar-refractivity contribution >= 4 is 41.5 Å². The molecule has 3 unspecified atom stereocenters. The van der Waals surface area contributed by atoms with E-state index >= 15 is 0 Å². The zero-order valence-electron chi connectivity index (χ0n) is 15.5. The zero-order valence-corrected chi connectivity index (χ0v) is 17.8. The number of rotatable bonds is 6. The number of aryl methyl sites for hydroxylation is 1. The minimum atomic E-state index is -0.116. The molecule has 144 valence electrons. The van der Waals surface area contributed by atoms with Gasteiger partial charge in [-0.1, -0.05) is 19.1 Å². The van der Waals surface area contributed by atoms with Crippen molar-refractivity contribution in [2.45, 2.75) is 57.8 Å². The van der Waals surface area contributed by atoms with E-state index in [9.17, 15) is 4.79 Å².